The number of hydrogen-bond acceptors (Lipinski definition) is 4. The monoisotopic (exact) mass is 370 g/mol. The summed E-state index contributed by atoms with van der Waals surface area (Å²) in [6, 6.07) is 7.71. The average Bonchev–Trinajstić information content (AvgIpc) is 3.06. The van der Waals surface area contributed by atoms with Crippen molar-refractivity contribution in [2.24, 2.45) is 0 Å². The van der Waals surface area contributed by atoms with E-state index in [4.69, 9.17) is 0 Å². The van der Waals surface area contributed by atoms with E-state index in [1.165, 1.54) is 17.4 Å². The predicted molar refractivity (Wildman–Crippen MR) is 93.1 cm³/mol. The van der Waals surface area contributed by atoms with Crippen LogP contribution in [0.3, 0.4) is 0 Å². The maximum Gasteiger partial charge on any atom is 0.252 e. The molecular weight excluding hydrogens is 351 g/mol. The zero-order valence-corrected chi connectivity index (χ0v) is 15.1. The van der Waals surface area contributed by atoms with Gasteiger partial charge in [0.05, 0.1) is 0 Å². The van der Waals surface area contributed by atoms with E-state index in [-0.39, 0.29) is 28.9 Å². The standard InChI is InChI=1S/C16H19FN2O3S2/c1-12-7-8-13(11-14(12)17)18-15(20)5-3-9-19(2)24(21,22)16-6-4-10-23-16/h4,6-8,10-11H,3,5,9H2,1-2H3,(H,18,20). The molecule has 0 radical (unpaired) electrons. The number of rotatable bonds is 7. The number of carbonyl (C=O) groups is 1. The van der Waals surface area contributed by atoms with Crippen molar-refractivity contribution < 1.29 is 17.6 Å². The van der Waals surface area contributed by atoms with Gasteiger partial charge in [-0.25, -0.2) is 17.1 Å². The average molecular weight is 370 g/mol. The van der Waals surface area contributed by atoms with Crippen LogP contribution >= 0.6 is 11.3 Å². The number of amides is 1. The molecule has 2 rings (SSSR count). The summed E-state index contributed by atoms with van der Waals surface area (Å²) in [5, 5.41) is 4.31. The maximum atomic E-state index is 13.4. The molecule has 2 aromatic rings. The fourth-order valence-electron chi connectivity index (χ4n) is 2.04. The van der Waals surface area contributed by atoms with Gasteiger partial charge >= 0.3 is 0 Å². The molecule has 130 valence electrons. The number of carbonyl (C=O) groups excluding carboxylic acids is 1. The van der Waals surface area contributed by atoms with Gasteiger partial charge in [0.15, 0.2) is 0 Å². The highest BCUT2D eigenvalue weighted by atomic mass is 32.2. The molecule has 0 aliphatic rings. The van der Waals surface area contributed by atoms with E-state index in [0.717, 1.165) is 11.3 Å². The molecule has 1 aromatic carbocycles. The molecule has 0 atom stereocenters. The number of nitrogens with one attached hydrogen (secondary N) is 1. The molecule has 24 heavy (non-hydrogen) atoms. The van der Waals surface area contributed by atoms with Crippen molar-refractivity contribution in [3.05, 3.63) is 47.1 Å². The molecule has 0 bridgehead atoms. The summed E-state index contributed by atoms with van der Waals surface area (Å²) in [6.07, 6.45) is 0.529. The van der Waals surface area contributed by atoms with Gasteiger partial charge < -0.3 is 5.32 Å². The molecule has 0 saturated carbocycles. The van der Waals surface area contributed by atoms with E-state index >= 15 is 0 Å². The van der Waals surface area contributed by atoms with Crippen LogP contribution in [-0.4, -0.2) is 32.2 Å². The van der Waals surface area contributed by atoms with Crippen LogP contribution < -0.4 is 5.32 Å². The second kappa shape index (κ2) is 7.87. The van der Waals surface area contributed by atoms with Gasteiger partial charge in [-0.05, 0) is 42.5 Å². The van der Waals surface area contributed by atoms with Crippen molar-refractivity contribution in [3.8, 4) is 0 Å². The normalized spacial score (nSPS) is 11.7. The van der Waals surface area contributed by atoms with Crippen LogP contribution in [0.2, 0.25) is 0 Å². The summed E-state index contributed by atoms with van der Waals surface area (Å²) in [5.74, 6) is -0.658. The van der Waals surface area contributed by atoms with Gasteiger partial charge in [0, 0.05) is 25.7 Å². The van der Waals surface area contributed by atoms with Crippen molar-refractivity contribution in [2.45, 2.75) is 24.0 Å². The summed E-state index contributed by atoms with van der Waals surface area (Å²) in [5.41, 5.74) is 0.899. The van der Waals surface area contributed by atoms with Gasteiger partial charge in [0.2, 0.25) is 5.91 Å². The van der Waals surface area contributed by atoms with Crippen LogP contribution in [0.25, 0.3) is 0 Å². The number of hydrogen-bond donors (Lipinski definition) is 1. The summed E-state index contributed by atoms with van der Waals surface area (Å²) < 4.78 is 39.4. The van der Waals surface area contributed by atoms with Crippen LogP contribution in [0.15, 0.2) is 39.9 Å². The number of sulfonamides is 1. The maximum absolute atomic E-state index is 13.4. The topological polar surface area (TPSA) is 66.5 Å². The first-order valence-electron chi connectivity index (χ1n) is 7.36. The Hall–Kier alpha value is -1.77. The highest BCUT2D eigenvalue weighted by molar-refractivity contribution is 7.91. The molecule has 0 fully saturated rings. The van der Waals surface area contributed by atoms with Crippen molar-refractivity contribution in [3.63, 3.8) is 0 Å². The van der Waals surface area contributed by atoms with Gasteiger partial charge in [-0.1, -0.05) is 12.1 Å². The van der Waals surface area contributed by atoms with Gasteiger partial charge in [0.25, 0.3) is 10.0 Å². The lowest BCUT2D eigenvalue weighted by molar-refractivity contribution is -0.116. The Balaban J connectivity index is 1.83. The second-order valence-corrected chi connectivity index (χ2v) is 8.59. The Morgan fingerprint density at radius 2 is 2.08 bits per heavy atom. The smallest absolute Gasteiger partial charge is 0.252 e. The van der Waals surface area contributed by atoms with Gasteiger partial charge in [-0.15, -0.1) is 11.3 Å². The second-order valence-electron chi connectivity index (χ2n) is 5.37. The number of nitrogens with zero attached hydrogens (tertiary/aromatic N) is 1. The van der Waals surface area contributed by atoms with Crippen LogP contribution in [0.1, 0.15) is 18.4 Å². The van der Waals surface area contributed by atoms with E-state index in [0.29, 0.717) is 17.7 Å². The van der Waals surface area contributed by atoms with Crippen molar-refractivity contribution >= 4 is 33.0 Å². The summed E-state index contributed by atoms with van der Waals surface area (Å²) in [7, 11) is -2.00. The molecule has 8 heteroatoms. The zero-order chi connectivity index (χ0) is 17.7. The van der Waals surface area contributed by atoms with Crippen LogP contribution in [0.5, 0.6) is 0 Å². The van der Waals surface area contributed by atoms with E-state index < -0.39 is 10.0 Å². The van der Waals surface area contributed by atoms with Crippen molar-refractivity contribution in [1.29, 1.82) is 0 Å². The SMILES string of the molecule is Cc1ccc(NC(=O)CCCN(C)S(=O)(=O)c2cccs2)cc1F. The fourth-order valence-corrected chi connectivity index (χ4v) is 4.45. The third-order valence-electron chi connectivity index (χ3n) is 3.49. The molecule has 0 saturated heterocycles. The number of benzene rings is 1. The Morgan fingerprint density at radius 3 is 2.71 bits per heavy atom. The lowest BCUT2D eigenvalue weighted by Gasteiger charge is -2.15. The van der Waals surface area contributed by atoms with Gasteiger partial charge in [-0.3, -0.25) is 4.79 Å². The first-order valence-corrected chi connectivity index (χ1v) is 9.68. The highest BCUT2D eigenvalue weighted by Gasteiger charge is 2.21. The summed E-state index contributed by atoms with van der Waals surface area (Å²) >= 11 is 1.16. The molecule has 5 nitrogen and oxygen atoms in total. The largest absolute Gasteiger partial charge is 0.326 e. The Labute approximate surface area is 145 Å². The Morgan fingerprint density at radius 1 is 1.33 bits per heavy atom. The number of aryl methyl sites for hydroxylation is 1. The minimum atomic E-state index is -3.49. The van der Waals surface area contributed by atoms with E-state index in [9.17, 15) is 17.6 Å². The van der Waals surface area contributed by atoms with E-state index in [1.54, 1.807) is 36.6 Å². The van der Waals surface area contributed by atoms with E-state index in [2.05, 4.69) is 5.32 Å². The third-order valence-corrected chi connectivity index (χ3v) is 6.72. The fraction of sp³-hybridized carbons (Fsp3) is 0.312. The lowest BCUT2D eigenvalue weighted by atomic mass is 10.2. The van der Waals surface area contributed by atoms with Crippen molar-refractivity contribution in [2.75, 3.05) is 18.9 Å². The molecule has 1 amide bonds. The van der Waals surface area contributed by atoms with Crippen LogP contribution in [-0.2, 0) is 14.8 Å². The zero-order valence-electron chi connectivity index (χ0n) is 13.5. The van der Waals surface area contributed by atoms with Gasteiger partial charge in [0.1, 0.15) is 10.0 Å². The molecule has 0 aliphatic heterocycles. The van der Waals surface area contributed by atoms with E-state index in [1.807, 2.05) is 0 Å². The molecule has 1 heterocycles. The summed E-state index contributed by atoms with van der Waals surface area (Å²) in [4.78, 5) is 11.9. The first-order chi connectivity index (χ1) is 11.3. The number of thiophene rings is 1. The minimum Gasteiger partial charge on any atom is -0.326 e. The number of anilines is 1. The predicted octanol–water partition coefficient (Wildman–Crippen LogP) is 3.24. The molecule has 0 unspecified atom stereocenters. The van der Waals surface area contributed by atoms with Crippen LogP contribution in [0.4, 0.5) is 10.1 Å². The molecule has 1 aromatic heterocycles. The Bertz CT molecular complexity index is 805. The molecule has 1 N–H and O–H groups in total. The summed E-state index contributed by atoms with van der Waals surface area (Å²) in [6.45, 7) is 1.88. The highest BCUT2D eigenvalue weighted by Crippen LogP contribution is 2.20. The molecule has 0 aliphatic carbocycles. The lowest BCUT2D eigenvalue weighted by Crippen LogP contribution is -2.28. The Kier molecular flexibility index (Phi) is 6.09. The molecular formula is C16H19FN2O3S2. The quantitative estimate of drug-likeness (QED) is 0.814. The minimum absolute atomic E-state index is 0.153. The molecule has 0 spiro atoms. The van der Waals surface area contributed by atoms with Gasteiger partial charge in [-0.2, -0.15) is 0 Å². The first kappa shape index (κ1) is 18.6. The third kappa shape index (κ3) is 4.62. The van der Waals surface area contributed by atoms with Crippen molar-refractivity contribution in [1.82, 2.24) is 4.31 Å². The number of halogens is 1. The van der Waals surface area contributed by atoms with Crippen LogP contribution in [0, 0.1) is 12.7 Å².